The van der Waals surface area contributed by atoms with E-state index in [2.05, 4.69) is 0 Å². The summed E-state index contributed by atoms with van der Waals surface area (Å²) in [4.78, 5) is 28.1. The lowest BCUT2D eigenvalue weighted by molar-refractivity contribution is -0.139. The highest BCUT2D eigenvalue weighted by atomic mass is 19.1. The van der Waals surface area contributed by atoms with Gasteiger partial charge >= 0.3 is 0 Å². The van der Waals surface area contributed by atoms with Crippen LogP contribution in [0.25, 0.3) is 0 Å². The molecule has 0 radical (unpaired) electrons. The van der Waals surface area contributed by atoms with Crippen molar-refractivity contribution in [2.75, 3.05) is 26.2 Å². The first-order chi connectivity index (χ1) is 11.1. The van der Waals surface area contributed by atoms with Crippen LogP contribution < -0.4 is 0 Å². The molecular weight excluding hydrogens is 299 g/mol. The highest BCUT2D eigenvalue weighted by Crippen LogP contribution is 2.27. The van der Waals surface area contributed by atoms with Crippen LogP contribution in [0.4, 0.5) is 4.39 Å². The number of halogens is 1. The Labute approximate surface area is 134 Å². The molecule has 2 unspecified atom stereocenters. The van der Waals surface area contributed by atoms with Gasteiger partial charge in [-0.2, -0.15) is 0 Å². The molecule has 2 aliphatic rings. The Morgan fingerprint density at radius 1 is 1.09 bits per heavy atom. The fraction of sp³-hybridized carbons (Fsp3) is 0.529. The van der Waals surface area contributed by atoms with Crippen LogP contribution in [0.15, 0.2) is 24.3 Å². The zero-order valence-corrected chi connectivity index (χ0v) is 12.9. The van der Waals surface area contributed by atoms with Crippen molar-refractivity contribution in [3.63, 3.8) is 0 Å². The normalized spacial score (nSPS) is 24.8. The number of benzene rings is 1. The second-order valence-electron chi connectivity index (χ2n) is 6.23. The molecule has 1 saturated heterocycles. The highest BCUT2D eigenvalue weighted by Gasteiger charge is 2.35. The molecule has 2 atom stereocenters. The van der Waals surface area contributed by atoms with Crippen molar-refractivity contribution in [1.29, 1.82) is 0 Å². The van der Waals surface area contributed by atoms with Crippen LogP contribution in [0, 0.1) is 11.7 Å². The second-order valence-corrected chi connectivity index (χ2v) is 6.23. The SMILES string of the molecule is O=C(c1cccc(F)c1)N1CCN(C(=O)C2CCCC2O)CC1. The Kier molecular flexibility index (Phi) is 4.61. The van der Waals surface area contributed by atoms with Crippen LogP contribution in [-0.2, 0) is 4.79 Å². The molecule has 0 aromatic heterocycles. The Balaban J connectivity index is 1.58. The molecule has 1 heterocycles. The summed E-state index contributed by atoms with van der Waals surface area (Å²) in [5.74, 6) is -0.939. The lowest BCUT2D eigenvalue weighted by Gasteiger charge is -2.36. The third-order valence-electron chi connectivity index (χ3n) is 4.75. The zero-order chi connectivity index (χ0) is 16.4. The molecule has 2 fully saturated rings. The Morgan fingerprint density at radius 2 is 1.78 bits per heavy atom. The zero-order valence-electron chi connectivity index (χ0n) is 12.9. The predicted octanol–water partition coefficient (Wildman–Crippen LogP) is 1.27. The maximum atomic E-state index is 13.2. The van der Waals surface area contributed by atoms with Gasteiger partial charge in [-0.3, -0.25) is 9.59 Å². The summed E-state index contributed by atoms with van der Waals surface area (Å²) in [6.45, 7) is 1.79. The maximum absolute atomic E-state index is 13.2. The molecule has 1 aromatic rings. The molecule has 2 amide bonds. The van der Waals surface area contributed by atoms with Crippen molar-refractivity contribution < 1.29 is 19.1 Å². The quantitative estimate of drug-likeness (QED) is 0.893. The molecule has 3 rings (SSSR count). The molecule has 1 aliphatic heterocycles. The fourth-order valence-electron chi connectivity index (χ4n) is 3.40. The second kappa shape index (κ2) is 6.66. The van der Waals surface area contributed by atoms with Crippen LogP contribution in [-0.4, -0.2) is 59.0 Å². The smallest absolute Gasteiger partial charge is 0.254 e. The van der Waals surface area contributed by atoms with E-state index in [1.807, 2.05) is 0 Å². The number of hydrogen-bond acceptors (Lipinski definition) is 3. The molecular formula is C17H21FN2O3. The van der Waals surface area contributed by atoms with Crippen molar-refractivity contribution in [1.82, 2.24) is 9.80 Å². The van der Waals surface area contributed by atoms with Crippen LogP contribution in [0.1, 0.15) is 29.6 Å². The highest BCUT2D eigenvalue weighted by molar-refractivity contribution is 5.94. The van der Waals surface area contributed by atoms with Gasteiger partial charge in [0, 0.05) is 31.7 Å². The van der Waals surface area contributed by atoms with Crippen molar-refractivity contribution >= 4 is 11.8 Å². The van der Waals surface area contributed by atoms with E-state index in [0.717, 1.165) is 12.8 Å². The number of piperazine rings is 1. The minimum atomic E-state index is -0.533. The van der Waals surface area contributed by atoms with E-state index in [1.165, 1.54) is 18.2 Å². The summed E-state index contributed by atoms with van der Waals surface area (Å²) in [6.07, 6.45) is 1.78. The number of carbonyl (C=O) groups is 2. The third kappa shape index (κ3) is 3.37. The average Bonchev–Trinajstić information content (AvgIpc) is 3.00. The molecule has 1 aliphatic carbocycles. The Bertz CT molecular complexity index is 599. The minimum absolute atomic E-state index is 0.00662. The number of hydrogen-bond donors (Lipinski definition) is 1. The number of aliphatic hydroxyl groups excluding tert-OH is 1. The van der Waals surface area contributed by atoms with Crippen LogP contribution in [0.2, 0.25) is 0 Å². The standard InChI is InChI=1S/C17H21FN2O3/c18-13-4-1-3-12(11-13)16(22)19-7-9-20(10-8-19)17(23)14-5-2-6-15(14)21/h1,3-4,11,14-15,21H,2,5-10H2. The van der Waals surface area contributed by atoms with Crippen molar-refractivity contribution in [2.24, 2.45) is 5.92 Å². The Morgan fingerprint density at radius 3 is 2.39 bits per heavy atom. The van der Waals surface area contributed by atoms with Gasteiger partial charge in [-0.15, -0.1) is 0 Å². The van der Waals surface area contributed by atoms with Crippen LogP contribution in [0.5, 0.6) is 0 Å². The topological polar surface area (TPSA) is 60.9 Å². The van der Waals surface area contributed by atoms with E-state index in [9.17, 15) is 19.1 Å². The summed E-state index contributed by atoms with van der Waals surface area (Å²) in [7, 11) is 0. The lowest BCUT2D eigenvalue weighted by Crippen LogP contribution is -2.52. The first kappa shape index (κ1) is 15.9. The molecule has 0 spiro atoms. The molecule has 5 nitrogen and oxygen atoms in total. The van der Waals surface area contributed by atoms with Crippen LogP contribution >= 0.6 is 0 Å². The van der Waals surface area contributed by atoms with E-state index in [4.69, 9.17) is 0 Å². The number of rotatable bonds is 2. The van der Waals surface area contributed by atoms with Gasteiger partial charge in [0.25, 0.3) is 5.91 Å². The molecule has 0 bridgehead atoms. The van der Waals surface area contributed by atoms with Gasteiger partial charge in [0.15, 0.2) is 0 Å². The molecule has 1 N–H and O–H groups in total. The Hall–Kier alpha value is -1.95. The van der Waals surface area contributed by atoms with Gasteiger partial charge in [-0.1, -0.05) is 6.07 Å². The molecule has 23 heavy (non-hydrogen) atoms. The van der Waals surface area contributed by atoms with Crippen molar-refractivity contribution in [3.05, 3.63) is 35.6 Å². The number of amides is 2. The summed E-state index contributed by atoms with van der Waals surface area (Å²) >= 11 is 0. The number of nitrogens with zero attached hydrogens (tertiary/aromatic N) is 2. The van der Waals surface area contributed by atoms with Gasteiger partial charge in [0.05, 0.1) is 12.0 Å². The van der Waals surface area contributed by atoms with Gasteiger partial charge in [0.1, 0.15) is 5.82 Å². The molecule has 6 heteroatoms. The van der Waals surface area contributed by atoms with Gasteiger partial charge in [-0.05, 0) is 37.5 Å². The van der Waals surface area contributed by atoms with Crippen molar-refractivity contribution in [3.8, 4) is 0 Å². The van der Waals surface area contributed by atoms with Crippen molar-refractivity contribution in [2.45, 2.75) is 25.4 Å². The molecule has 1 aromatic carbocycles. The molecule has 124 valence electrons. The van der Waals surface area contributed by atoms with Gasteiger partial charge in [-0.25, -0.2) is 4.39 Å². The molecule has 1 saturated carbocycles. The first-order valence-electron chi connectivity index (χ1n) is 8.08. The summed E-state index contributed by atoms with van der Waals surface area (Å²) in [5.41, 5.74) is 0.330. The summed E-state index contributed by atoms with van der Waals surface area (Å²) in [5, 5.41) is 9.86. The largest absolute Gasteiger partial charge is 0.392 e. The van der Waals surface area contributed by atoms with E-state index in [0.29, 0.717) is 38.2 Å². The number of carbonyl (C=O) groups excluding carboxylic acids is 2. The average molecular weight is 320 g/mol. The van der Waals surface area contributed by atoms with Gasteiger partial charge < -0.3 is 14.9 Å². The predicted molar refractivity (Wildman–Crippen MR) is 82.2 cm³/mol. The summed E-state index contributed by atoms with van der Waals surface area (Å²) < 4.78 is 13.2. The minimum Gasteiger partial charge on any atom is -0.392 e. The lowest BCUT2D eigenvalue weighted by atomic mass is 10.0. The summed E-state index contributed by atoms with van der Waals surface area (Å²) in [6, 6.07) is 5.65. The first-order valence-corrected chi connectivity index (χ1v) is 8.08. The fourth-order valence-corrected chi connectivity index (χ4v) is 3.40. The monoisotopic (exact) mass is 320 g/mol. The number of aliphatic hydroxyl groups is 1. The van der Waals surface area contributed by atoms with Crippen LogP contribution in [0.3, 0.4) is 0 Å². The van der Waals surface area contributed by atoms with E-state index in [1.54, 1.807) is 15.9 Å². The van der Waals surface area contributed by atoms with E-state index >= 15 is 0 Å². The van der Waals surface area contributed by atoms with Gasteiger partial charge in [0.2, 0.25) is 5.91 Å². The van der Waals surface area contributed by atoms with E-state index in [-0.39, 0.29) is 17.7 Å². The third-order valence-corrected chi connectivity index (χ3v) is 4.75. The maximum Gasteiger partial charge on any atom is 0.254 e. The van der Waals surface area contributed by atoms with E-state index < -0.39 is 11.9 Å².